The topological polar surface area (TPSA) is 86.5 Å². The number of amides is 1. The second kappa shape index (κ2) is 8.47. The number of nitrogens with zero attached hydrogens (tertiary/aromatic N) is 1. The minimum absolute atomic E-state index is 0.0738. The maximum Gasteiger partial charge on any atom is 0.226 e. The number of hydrogen-bond donors (Lipinski definition) is 2. The molecule has 2 aromatic rings. The van der Waals surface area contributed by atoms with Crippen molar-refractivity contribution in [1.82, 2.24) is 4.98 Å². The molecular weight excluding hydrogens is 302 g/mol. The van der Waals surface area contributed by atoms with Crippen molar-refractivity contribution in [2.75, 3.05) is 25.8 Å². The van der Waals surface area contributed by atoms with Crippen molar-refractivity contribution in [3.63, 3.8) is 0 Å². The minimum atomic E-state index is -0.0738. The number of carbonyl (C=O) groups is 1. The van der Waals surface area contributed by atoms with Crippen molar-refractivity contribution < 1.29 is 14.3 Å². The molecule has 0 spiro atoms. The zero-order valence-corrected chi connectivity index (χ0v) is 13.2. The molecule has 1 aromatic heterocycles. The van der Waals surface area contributed by atoms with E-state index in [1.165, 1.54) is 11.3 Å². The minimum Gasteiger partial charge on any atom is -0.467 e. The fourth-order valence-corrected chi connectivity index (χ4v) is 2.55. The van der Waals surface area contributed by atoms with Crippen LogP contribution in [0.2, 0.25) is 0 Å². The third-order valence-electron chi connectivity index (χ3n) is 2.85. The molecule has 118 valence electrons. The number of thiazole rings is 1. The van der Waals surface area contributed by atoms with Gasteiger partial charge in [0.05, 0.1) is 5.69 Å². The number of hydrogen-bond acceptors (Lipinski definition) is 6. The predicted molar refractivity (Wildman–Crippen MR) is 87.0 cm³/mol. The van der Waals surface area contributed by atoms with Crippen molar-refractivity contribution in [3.8, 4) is 17.0 Å². The number of aromatic nitrogens is 1. The highest BCUT2D eigenvalue weighted by molar-refractivity contribution is 7.14. The summed E-state index contributed by atoms with van der Waals surface area (Å²) in [5, 5.41) is 5.23. The number of benzene rings is 1. The Morgan fingerprint density at radius 1 is 1.41 bits per heavy atom. The number of methoxy groups -OCH3 is 1. The Morgan fingerprint density at radius 2 is 2.23 bits per heavy atom. The fourth-order valence-electron chi connectivity index (χ4n) is 1.83. The van der Waals surface area contributed by atoms with Crippen LogP contribution in [0.4, 0.5) is 5.13 Å². The van der Waals surface area contributed by atoms with Crippen LogP contribution in [0.3, 0.4) is 0 Å². The second-order valence-corrected chi connectivity index (χ2v) is 5.38. The smallest absolute Gasteiger partial charge is 0.226 e. The van der Waals surface area contributed by atoms with E-state index < -0.39 is 0 Å². The normalized spacial score (nSPS) is 10.5. The van der Waals surface area contributed by atoms with Gasteiger partial charge in [-0.2, -0.15) is 0 Å². The highest BCUT2D eigenvalue weighted by atomic mass is 32.1. The lowest BCUT2D eigenvalue weighted by Gasteiger charge is -2.08. The number of rotatable bonds is 8. The van der Waals surface area contributed by atoms with Gasteiger partial charge in [0.1, 0.15) is 5.75 Å². The Kier molecular flexibility index (Phi) is 6.32. The van der Waals surface area contributed by atoms with Gasteiger partial charge in [0, 0.05) is 24.5 Å². The maximum absolute atomic E-state index is 11.7. The lowest BCUT2D eigenvalue weighted by molar-refractivity contribution is -0.116. The molecular formula is C15H19N3O3S. The zero-order chi connectivity index (χ0) is 15.8. The van der Waals surface area contributed by atoms with E-state index in [2.05, 4.69) is 10.3 Å². The molecule has 0 unspecified atom stereocenters. The summed E-state index contributed by atoms with van der Waals surface area (Å²) >= 11 is 1.38. The molecule has 0 saturated carbocycles. The van der Waals surface area contributed by atoms with Crippen LogP contribution in [0, 0.1) is 0 Å². The maximum atomic E-state index is 11.7. The molecule has 0 saturated heterocycles. The molecule has 2 rings (SSSR count). The van der Waals surface area contributed by atoms with Crippen LogP contribution in [0.1, 0.15) is 12.8 Å². The molecule has 3 N–H and O–H groups in total. The molecule has 1 amide bonds. The van der Waals surface area contributed by atoms with Gasteiger partial charge in [0.2, 0.25) is 5.91 Å². The first-order chi connectivity index (χ1) is 10.7. The molecule has 0 bridgehead atoms. The molecule has 0 aliphatic heterocycles. The highest BCUT2D eigenvalue weighted by Gasteiger charge is 2.11. The van der Waals surface area contributed by atoms with E-state index in [1.807, 2.05) is 29.6 Å². The van der Waals surface area contributed by atoms with Crippen molar-refractivity contribution in [2.24, 2.45) is 5.73 Å². The van der Waals surface area contributed by atoms with E-state index in [1.54, 1.807) is 7.11 Å². The van der Waals surface area contributed by atoms with E-state index in [0.29, 0.717) is 30.3 Å². The first-order valence-electron chi connectivity index (χ1n) is 6.91. The Hall–Kier alpha value is -1.96. The average molecular weight is 321 g/mol. The first kappa shape index (κ1) is 16.4. The number of anilines is 1. The summed E-state index contributed by atoms with van der Waals surface area (Å²) in [5.74, 6) is 0.617. The van der Waals surface area contributed by atoms with Crippen LogP contribution in [-0.2, 0) is 9.53 Å². The summed E-state index contributed by atoms with van der Waals surface area (Å²) in [4.78, 5) is 16.1. The van der Waals surface area contributed by atoms with Crippen LogP contribution >= 0.6 is 11.3 Å². The fraction of sp³-hybridized carbons (Fsp3) is 0.333. The van der Waals surface area contributed by atoms with Gasteiger partial charge in [-0.05, 0) is 25.1 Å². The molecule has 1 heterocycles. The zero-order valence-electron chi connectivity index (χ0n) is 12.4. The van der Waals surface area contributed by atoms with Gasteiger partial charge in [-0.3, -0.25) is 4.79 Å². The highest BCUT2D eigenvalue weighted by Crippen LogP contribution is 2.32. The Labute approximate surface area is 133 Å². The number of para-hydroxylation sites is 1. The molecule has 6 nitrogen and oxygen atoms in total. The van der Waals surface area contributed by atoms with Crippen molar-refractivity contribution in [1.29, 1.82) is 0 Å². The number of nitrogens with two attached hydrogens (primary N) is 1. The van der Waals surface area contributed by atoms with Crippen LogP contribution in [0.25, 0.3) is 11.3 Å². The number of ether oxygens (including phenoxy) is 2. The summed E-state index contributed by atoms with van der Waals surface area (Å²) in [6, 6.07) is 7.57. The summed E-state index contributed by atoms with van der Waals surface area (Å²) in [6.07, 6.45) is 1.07. The summed E-state index contributed by atoms with van der Waals surface area (Å²) < 4.78 is 10.5. The van der Waals surface area contributed by atoms with Crippen molar-refractivity contribution >= 4 is 22.4 Å². The Morgan fingerprint density at radius 3 is 3.00 bits per heavy atom. The Bertz CT molecular complexity index is 616. The third-order valence-corrected chi connectivity index (χ3v) is 3.61. The molecule has 0 atom stereocenters. The molecule has 0 aliphatic carbocycles. The van der Waals surface area contributed by atoms with E-state index in [-0.39, 0.29) is 12.7 Å². The molecule has 22 heavy (non-hydrogen) atoms. The quantitative estimate of drug-likeness (QED) is 0.729. The van der Waals surface area contributed by atoms with E-state index in [9.17, 15) is 4.79 Å². The lowest BCUT2D eigenvalue weighted by atomic mass is 10.1. The van der Waals surface area contributed by atoms with Gasteiger partial charge < -0.3 is 20.5 Å². The summed E-state index contributed by atoms with van der Waals surface area (Å²) in [5.41, 5.74) is 7.00. The average Bonchev–Trinajstić information content (AvgIpc) is 2.99. The third kappa shape index (κ3) is 4.52. The molecule has 0 fully saturated rings. The van der Waals surface area contributed by atoms with Crippen molar-refractivity contribution in [2.45, 2.75) is 12.8 Å². The van der Waals surface area contributed by atoms with Crippen LogP contribution in [-0.4, -0.2) is 31.3 Å². The van der Waals surface area contributed by atoms with E-state index >= 15 is 0 Å². The SMILES string of the molecule is COCOc1ccccc1-c1csc(NC(=O)CCCN)n1. The molecule has 0 radical (unpaired) electrons. The first-order valence-corrected chi connectivity index (χ1v) is 7.79. The summed E-state index contributed by atoms with van der Waals surface area (Å²) in [6.45, 7) is 0.671. The van der Waals surface area contributed by atoms with Gasteiger partial charge in [0.15, 0.2) is 11.9 Å². The van der Waals surface area contributed by atoms with Gasteiger partial charge >= 0.3 is 0 Å². The van der Waals surface area contributed by atoms with E-state index in [0.717, 1.165) is 11.3 Å². The van der Waals surface area contributed by atoms with E-state index in [4.69, 9.17) is 15.2 Å². The van der Waals surface area contributed by atoms with Gasteiger partial charge in [-0.25, -0.2) is 4.98 Å². The van der Waals surface area contributed by atoms with Gasteiger partial charge in [0.25, 0.3) is 0 Å². The lowest BCUT2D eigenvalue weighted by Crippen LogP contribution is -2.13. The monoisotopic (exact) mass is 321 g/mol. The van der Waals surface area contributed by atoms with Crippen molar-refractivity contribution in [3.05, 3.63) is 29.6 Å². The Balaban J connectivity index is 2.09. The van der Waals surface area contributed by atoms with Crippen LogP contribution in [0.15, 0.2) is 29.6 Å². The van der Waals surface area contributed by atoms with Crippen LogP contribution in [0.5, 0.6) is 5.75 Å². The van der Waals surface area contributed by atoms with Gasteiger partial charge in [-0.1, -0.05) is 12.1 Å². The standard InChI is InChI=1S/C15H19N3O3S/c1-20-10-21-13-6-3-2-5-11(13)12-9-22-15(17-12)18-14(19)7-4-8-16/h2-3,5-6,9H,4,7-8,10,16H2,1H3,(H,17,18,19). The summed E-state index contributed by atoms with van der Waals surface area (Å²) in [7, 11) is 1.57. The molecule has 0 aliphatic rings. The molecule has 7 heteroatoms. The predicted octanol–water partition coefficient (Wildman–Crippen LogP) is 2.47. The van der Waals surface area contributed by atoms with Crippen LogP contribution < -0.4 is 15.8 Å². The number of nitrogens with one attached hydrogen (secondary N) is 1. The molecule has 1 aromatic carbocycles. The largest absolute Gasteiger partial charge is 0.467 e. The van der Waals surface area contributed by atoms with Gasteiger partial charge in [-0.15, -0.1) is 11.3 Å². The number of carbonyl (C=O) groups excluding carboxylic acids is 1. The second-order valence-electron chi connectivity index (χ2n) is 4.53.